The summed E-state index contributed by atoms with van der Waals surface area (Å²) in [5.74, 6) is 1.41. The third-order valence-corrected chi connectivity index (χ3v) is 2.34. The van der Waals surface area contributed by atoms with E-state index in [1.165, 1.54) is 5.57 Å². The molecule has 1 aromatic heterocycles. The van der Waals surface area contributed by atoms with Crippen LogP contribution in [0.1, 0.15) is 19.1 Å². The average molecular weight is 250 g/mol. The summed E-state index contributed by atoms with van der Waals surface area (Å²) >= 11 is 8.94. The zero-order valence-corrected chi connectivity index (χ0v) is 9.15. The molecule has 1 heterocycles. The summed E-state index contributed by atoms with van der Waals surface area (Å²) in [7, 11) is 0. The molecular weight excluding hydrogens is 239 g/mol. The van der Waals surface area contributed by atoms with Gasteiger partial charge in [-0.05, 0) is 40.6 Å². The van der Waals surface area contributed by atoms with Gasteiger partial charge in [-0.25, -0.2) is 0 Å². The minimum atomic E-state index is 0.564. The second-order valence-corrected chi connectivity index (χ2v) is 3.48. The molecular formula is C9H10BrClO. The molecule has 1 rings (SSSR count). The lowest BCUT2D eigenvalue weighted by Crippen LogP contribution is -1.80. The van der Waals surface area contributed by atoms with Gasteiger partial charge in [0.05, 0.1) is 0 Å². The lowest BCUT2D eigenvalue weighted by molar-refractivity contribution is 0.531. The van der Waals surface area contributed by atoms with Gasteiger partial charge < -0.3 is 4.42 Å². The molecule has 0 saturated carbocycles. The van der Waals surface area contributed by atoms with E-state index in [1.54, 1.807) is 0 Å². The minimum absolute atomic E-state index is 0.564. The Kier molecular flexibility index (Phi) is 3.89. The summed E-state index contributed by atoms with van der Waals surface area (Å²) in [4.78, 5) is 0. The van der Waals surface area contributed by atoms with Crippen molar-refractivity contribution >= 4 is 33.6 Å². The molecule has 3 heteroatoms. The monoisotopic (exact) mass is 248 g/mol. The topological polar surface area (TPSA) is 13.1 Å². The quantitative estimate of drug-likeness (QED) is 0.736. The van der Waals surface area contributed by atoms with Crippen LogP contribution in [0.3, 0.4) is 0 Å². The number of hydrogen-bond acceptors (Lipinski definition) is 1. The molecule has 0 N–H and O–H groups in total. The van der Waals surface area contributed by atoms with Gasteiger partial charge in [-0.15, -0.1) is 11.6 Å². The first-order chi connectivity index (χ1) is 5.76. The third kappa shape index (κ3) is 2.68. The molecule has 0 aliphatic heterocycles. The van der Waals surface area contributed by atoms with E-state index in [-0.39, 0.29) is 0 Å². The number of halogens is 2. The highest BCUT2D eigenvalue weighted by Crippen LogP contribution is 2.17. The van der Waals surface area contributed by atoms with Crippen molar-refractivity contribution < 1.29 is 4.42 Å². The van der Waals surface area contributed by atoms with Gasteiger partial charge >= 0.3 is 0 Å². The normalized spacial score (nSPS) is 12.1. The lowest BCUT2D eigenvalue weighted by atomic mass is 10.2. The summed E-state index contributed by atoms with van der Waals surface area (Å²) in [5.41, 5.74) is 1.18. The molecule has 0 aromatic carbocycles. The molecule has 1 nitrogen and oxygen atoms in total. The first-order valence-corrected chi connectivity index (χ1v) is 5.09. The van der Waals surface area contributed by atoms with Gasteiger partial charge in [0.1, 0.15) is 5.76 Å². The van der Waals surface area contributed by atoms with Crippen LogP contribution in [0.15, 0.2) is 26.8 Å². The molecule has 0 radical (unpaired) electrons. The van der Waals surface area contributed by atoms with Crippen molar-refractivity contribution in [2.75, 3.05) is 5.88 Å². The number of furan rings is 1. The molecule has 0 saturated heterocycles. The fourth-order valence-electron chi connectivity index (χ4n) is 0.842. The highest BCUT2D eigenvalue weighted by Gasteiger charge is 1.97. The fourth-order valence-corrected chi connectivity index (χ4v) is 1.43. The van der Waals surface area contributed by atoms with Gasteiger partial charge in [0.15, 0.2) is 4.67 Å². The first kappa shape index (κ1) is 9.87. The zero-order valence-electron chi connectivity index (χ0n) is 6.81. The molecule has 12 heavy (non-hydrogen) atoms. The van der Waals surface area contributed by atoms with Crippen molar-refractivity contribution in [1.29, 1.82) is 0 Å². The van der Waals surface area contributed by atoms with Crippen LogP contribution in [-0.4, -0.2) is 5.88 Å². The summed E-state index contributed by atoms with van der Waals surface area (Å²) in [6.45, 7) is 2.08. The maximum Gasteiger partial charge on any atom is 0.169 e. The van der Waals surface area contributed by atoms with Crippen molar-refractivity contribution in [3.63, 3.8) is 0 Å². The van der Waals surface area contributed by atoms with E-state index in [9.17, 15) is 0 Å². The van der Waals surface area contributed by atoms with Crippen LogP contribution in [0.25, 0.3) is 6.08 Å². The highest BCUT2D eigenvalue weighted by molar-refractivity contribution is 9.10. The van der Waals surface area contributed by atoms with E-state index in [0.717, 1.165) is 16.9 Å². The van der Waals surface area contributed by atoms with Crippen LogP contribution in [0, 0.1) is 0 Å². The molecule has 0 bridgehead atoms. The number of hydrogen-bond donors (Lipinski definition) is 0. The Bertz CT molecular complexity index is 272. The van der Waals surface area contributed by atoms with Crippen LogP contribution < -0.4 is 0 Å². The second-order valence-electron chi connectivity index (χ2n) is 2.43. The Morgan fingerprint density at radius 1 is 1.67 bits per heavy atom. The van der Waals surface area contributed by atoms with Gasteiger partial charge in [-0.2, -0.15) is 0 Å². The van der Waals surface area contributed by atoms with Crippen molar-refractivity contribution in [1.82, 2.24) is 0 Å². The molecule has 0 amide bonds. The van der Waals surface area contributed by atoms with E-state index in [2.05, 4.69) is 22.9 Å². The van der Waals surface area contributed by atoms with Crippen LogP contribution in [0.5, 0.6) is 0 Å². The summed E-state index contributed by atoms with van der Waals surface area (Å²) < 4.78 is 6.05. The Morgan fingerprint density at radius 3 is 2.83 bits per heavy atom. The molecule has 0 unspecified atom stereocenters. The van der Waals surface area contributed by atoms with Crippen molar-refractivity contribution in [3.8, 4) is 0 Å². The molecule has 0 spiro atoms. The fraction of sp³-hybridized carbons (Fsp3) is 0.333. The molecule has 0 aliphatic rings. The smallest absolute Gasteiger partial charge is 0.169 e. The van der Waals surface area contributed by atoms with Gasteiger partial charge in [0.25, 0.3) is 0 Å². The van der Waals surface area contributed by atoms with Gasteiger partial charge in [0, 0.05) is 5.88 Å². The predicted molar refractivity (Wildman–Crippen MR) is 55.4 cm³/mol. The Balaban J connectivity index is 2.78. The summed E-state index contributed by atoms with van der Waals surface area (Å²) in [6, 6.07) is 3.78. The van der Waals surface area contributed by atoms with Gasteiger partial charge in [-0.1, -0.05) is 12.5 Å². The summed E-state index contributed by atoms with van der Waals surface area (Å²) in [6.07, 6.45) is 2.93. The second kappa shape index (κ2) is 4.73. The van der Waals surface area contributed by atoms with E-state index in [1.807, 2.05) is 18.2 Å². The molecule has 66 valence electrons. The molecule has 1 aromatic rings. The number of alkyl halides is 1. The highest BCUT2D eigenvalue weighted by atomic mass is 79.9. The van der Waals surface area contributed by atoms with Crippen LogP contribution in [0.2, 0.25) is 0 Å². The van der Waals surface area contributed by atoms with Crippen LogP contribution in [0.4, 0.5) is 0 Å². The standard InChI is InChI=1S/C9H10BrClO/c1-2-7(6-11)5-8-3-4-9(10)12-8/h3-5H,2,6H2,1H3/b7-5-. The van der Waals surface area contributed by atoms with E-state index >= 15 is 0 Å². The van der Waals surface area contributed by atoms with Crippen molar-refractivity contribution in [3.05, 3.63) is 28.1 Å². The molecule has 0 aliphatic carbocycles. The van der Waals surface area contributed by atoms with E-state index in [4.69, 9.17) is 16.0 Å². The average Bonchev–Trinajstić information content (AvgIpc) is 2.47. The Hall–Kier alpha value is -0.210. The maximum absolute atomic E-state index is 5.70. The van der Waals surface area contributed by atoms with Gasteiger partial charge in [0.2, 0.25) is 0 Å². The molecule has 0 atom stereocenters. The Labute approximate surface area is 85.5 Å². The lowest BCUT2D eigenvalue weighted by Gasteiger charge is -1.95. The first-order valence-electron chi connectivity index (χ1n) is 3.77. The van der Waals surface area contributed by atoms with E-state index < -0.39 is 0 Å². The largest absolute Gasteiger partial charge is 0.450 e. The number of allylic oxidation sites excluding steroid dienone is 1. The molecule has 0 fully saturated rings. The SMILES string of the molecule is CC/C(=C/c1ccc(Br)o1)CCl. The van der Waals surface area contributed by atoms with E-state index in [0.29, 0.717) is 5.88 Å². The Morgan fingerprint density at radius 2 is 2.42 bits per heavy atom. The third-order valence-electron chi connectivity index (χ3n) is 1.57. The maximum atomic E-state index is 5.70. The van der Waals surface area contributed by atoms with Crippen LogP contribution in [-0.2, 0) is 0 Å². The van der Waals surface area contributed by atoms with Crippen molar-refractivity contribution in [2.24, 2.45) is 0 Å². The van der Waals surface area contributed by atoms with Crippen LogP contribution >= 0.6 is 27.5 Å². The zero-order chi connectivity index (χ0) is 8.97. The van der Waals surface area contributed by atoms with Gasteiger partial charge in [-0.3, -0.25) is 0 Å². The number of rotatable bonds is 3. The summed E-state index contributed by atoms with van der Waals surface area (Å²) in [5, 5.41) is 0. The predicted octanol–water partition coefficient (Wildman–Crippen LogP) is 4.07. The minimum Gasteiger partial charge on any atom is -0.450 e. The van der Waals surface area contributed by atoms with Crippen molar-refractivity contribution in [2.45, 2.75) is 13.3 Å².